The van der Waals surface area contributed by atoms with Crippen LogP contribution < -0.4 is 4.72 Å². The number of carbonyl (C=O) groups excluding carboxylic acids is 1. The van der Waals surface area contributed by atoms with E-state index in [0.717, 1.165) is 6.20 Å². The Kier molecular flexibility index (Phi) is 6.31. The van der Waals surface area contributed by atoms with Crippen molar-refractivity contribution in [1.29, 1.82) is 0 Å². The first-order valence-electron chi connectivity index (χ1n) is 6.66. The summed E-state index contributed by atoms with van der Waals surface area (Å²) in [6.45, 7) is 5.45. The van der Waals surface area contributed by atoms with Crippen LogP contribution in [0.1, 0.15) is 37.6 Å². The summed E-state index contributed by atoms with van der Waals surface area (Å²) in [5.74, 6) is -0.527. The van der Waals surface area contributed by atoms with Crippen molar-refractivity contribution in [2.45, 2.75) is 38.3 Å². The summed E-state index contributed by atoms with van der Waals surface area (Å²) in [5, 5.41) is 15.2. The van der Waals surface area contributed by atoms with E-state index in [2.05, 4.69) is 14.9 Å². The van der Waals surface area contributed by atoms with E-state index < -0.39 is 22.1 Å². The normalized spacial score (nSPS) is 13.4. The lowest BCUT2D eigenvalue weighted by Crippen LogP contribution is -2.33. The van der Waals surface area contributed by atoms with Crippen molar-refractivity contribution in [3.8, 4) is 0 Å². The minimum Gasteiger partial charge on any atom is -0.462 e. The van der Waals surface area contributed by atoms with Crippen LogP contribution in [0.4, 0.5) is 0 Å². The van der Waals surface area contributed by atoms with Crippen molar-refractivity contribution in [2.75, 3.05) is 13.2 Å². The molecule has 0 bridgehead atoms. The summed E-state index contributed by atoms with van der Waals surface area (Å²) in [6.07, 6.45) is 0.765. The van der Waals surface area contributed by atoms with Gasteiger partial charge in [-0.3, -0.25) is 5.10 Å². The lowest BCUT2D eigenvalue weighted by molar-refractivity contribution is 0.0522. The second kappa shape index (κ2) is 7.53. The standard InChI is InChI=1S/C12H21N3O5S/c1-4-20-12(17)10-7-13-15-11(10)21(18,19)14-6-9(16)5-8(2)3/h7-9,14,16H,4-6H2,1-3H3,(H,13,15). The van der Waals surface area contributed by atoms with Crippen molar-refractivity contribution in [3.63, 3.8) is 0 Å². The third kappa shape index (κ3) is 5.10. The number of hydrogen-bond acceptors (Lipinski definition) is 6. The Morgan fingerprint density at radius 3 is 2.76 bits per heavy atom. The number of aliphatic hydroxyl groups excluding tert-OH is 1. The lowest BCUT2D eigenvalue weighted by atomic mass is 10.1. The highest BCUT2D eigenvalue weighted by Crippen LogP contribution is 2.13. The Bertz CT molecular complexity index is 567. The molecule has 0 aliphatic carbocycles. The summed E-state index contributed by atoms with van der Waals surface area (Å²) in [5.41, 5.74) is -0.164. The fourth-order valence-corrected chi connectivity index (χ4v) is 2.89. The Labute approximate surface area is 123 Å². The predicted octanol–water partition coefficient (Wildman–Crippen LogP) is 0.272. The van der Waals surface area contributed by atoms with E-state index in [9.17, 15) is 18.3 Å². The van der Waals surface area contributed by atoms with Gasteiger partial charge in [0.05, 0.1) is 18.9 Å². The molecule has 0 aliphatic rings. The van der Waals surface area contributed by atoms with Gasteiger partial charge in [-0.15, -0.1) is 0 Å². The number of nitrogens with one attached hydrogen (secondary N) is 2. The SMILES string of the molecule is CCOC(=O)c1cn[nH]c1S(=O)(=O)NCC(O)CC(C)C. The van der Waals surface area contributed by atoms with Crippen LogP contribution in [0.25, 0.3) is 0 Å². The summed E-state index contributed by atoms with van der Waals surface area (Å²) >= 11 is 0. The second-order valence-corrected chi connectivity index (χ2v) is 6.67. The third-order valence-electron chi connectivity index (χ3n) is 2.62. The van der Waals surface area contributed by atoms with Gasteiger partial charge in [-0.25, -0.2) is 17.9 Å². The van der Waals surface area contributed by atoms with Gasteiger partial charge in [-0.2, -0.15) is 5.10 Å². The maximum Gasteiger partial charge on any atom is 0.342 e. The topological polar surface area (TPSA) is 121 Å². The molecule has 0 amide bonds. The van der Waals surface area contributed by atoms with Crippen LogP contribution in [0.2, 0.25) is 0 Å². The Morgan fingerprint density at radius 2 is 2.19 bits per heavy atom. The van der Waals surface area contributed by atoms with Crippen LogP contribution in [-0.2, 0) is 14.8 Å². The van der Waals surface area contributed by atoms with Gasteiger partial charge in [0.2, 0.25) is 0 Å². The zero-order chi connectivity index (χ0) is 16.0. The van der Waals surface area contributed by atoms with Gasteiger partial charge in [0, 0.05) is 6.54 Å². The Morgan fingerprint density at radius 1 is 1.52 bits per heavy atom. The molecule has 1 rings (SSSR count). The van der Waals surface area contributed by atoms with Crippen molar-refractivity contribution in [2.24, 2.45) is 5.92 Å². The van der Waals surface area contributed by atoms with Crippen LogP contribution in [0.5, 0.6) is 0 Å². The molecule has 1 aromatic rings. The van der Waals surface area contributed by atoms with Crippen molar-refractivity contribution in [1.82, 2.24) is 14.9 Å². The molecule has 1 heterocycles. The molecular weight excluding hydrogens is 298 g/mol. The molecule has 120 valence electrons. The second-order valence-electron chi connectivity index (χ2n) is 4.97. The number of hydrogen-bond donors (Lipinski definition) is 3. The fourth-order valence-electron chi connectivity index (χ4n) is 1.74. The van der Waals surface area contributed by atoms with E-state index in [1.165, 1.54) is 0 Å². The van der Waals surface area contributed by atoms with Crippen LogP contribution in [0.15, 0.2) is 11.2 Å². The van der Waals surface area contributed by atoms with Gasteiger partial charge in [0.1, 0.15) is 5.56 Å². The number of sulfonamides is 1. The van der Waals surface area contributed by atoms with Gasteiger partial charge in [0.15, 0.2) is 5.03 Å². The smallest absolute Gasteiger partial charge is 0.342 e. The molecule has 0 aromatic carbocycles. The number of aromatic nitrogens is 2. The van der Waals surface area contributed by atoms with Crippen molar-refractivity contribution < 1.29 is 23.1 Å². The zero-order valence-electron chi connectivity index (χ0n) is 12.3. The van der Waals surface area contributed by atoms with E-state index in [-0.39, 0.29) is 29.7 Å². The molecule has 21 heavy (non-hydrogen) atoms. The predicted molar refractivity (Wildman–Crippen MR) is 75.2 cm³/mol. The van der Waals surface area contributed by atoms with Crippen molar-refractivity contribution in [3.05, 3.63) is 11.8 Å². The average molecular weight is 319 g/mol. The Hall–Kier alpha value is -1.45. The van der Waals surface area contributed by atoms with E-state index in [4.69, 9.17) is 4.74 Å². The highest BCUT2D eigenvalue weighted by atomic mass is 32.2. The summed E-state index contributed by atoms with van der Waals surface area (Å²) in [7, 11) is -3.97. The van der Waals surface area contributed by atoms with Gasteiger partial charge >= 0.3 is 5.97 Å². The van der Waals surface area contributed by atoms with E-state index >= 15 is 0 Å². The molecule has 3 N–H and O–H groups in total. The highest BCUT2D eigenvalue weighted by Gasteiger charge is 2.26. The highest BCUT2D eigenvalue weighted by molar-refractivity contribution is 7.89. The van der Waals surface area contributed by atoms with Gasteiger partial charge < -0.3 is 9.84 Å². The number of esters is 1. The monoisotopic (exact) mass is 319 g/mol. The third-order valence-corrected chi connectivity index (χ3v) is 4.02. The first-order chi connectivity index (χ1) is 9.77. The molecule has 0 saturated heterocycles. The minimum atomic E-state index is -3.97. The molecule has 0 aliphatic heterocycles. The van der Waals surface area contributed by atoms with Crippen LogP contribution in [0.3, 0.4) is 0 Å². The molecule has 1 atom stereocenters. The molecule has 0 saturated carbocycles. The summed E-state index contributed by atoms with van der Waals surface area (Å²) in [6, 6.07) is 0. The zero-order valence-corrected chi connectivity index (χ0v) is 13.1. The summed E-state index contributed by atoms with van der Waals surface area (Å²) in [4.78, 5) is 11.6. The largest absolute Gasteiger partial charge is 0.462 e. The van der Waals surface area contributed by atoms with E-state index in [1.807, 2.05) is 13.8 Å². The molecule has 1 unspecified atom stereocenters. The fraction of sp³-hybridized carbons (Fsp3) is 0.667. The molecule has 9 heteroatoms. The van der Waals surface area contributed by atoms with E-state index in [1.54, 1.807) is 6.92 Å². The molecule has 1 aromatic heterocycles. The summed E-state index contributed by atoms with van der Waals surface area (Å²) < 4.78 is 31.2. The first kappa shape index (κ1) is 17.6. The number of aliphatic hydroxyl groups is 1. The maximum atomic E-state index is 12.1. The number of aromatic amines is 1. The van der Waals surface area contributed by atoms with Crippen LogP contribution >= 0.6 is 0 Å². The molecular formula is C12H21N3O5S. The lowest BCUT2D eigenvalue weighted by Gasteiger charge is -2.13. The molecule has 0 fully saturated rings. The number of ether oxygens (including phenoxy) is 1. The van der Waals surface area contributed by atoms with Gasteiger partial charge in [-0.05, 0) is 19.3 Å². The molecule has 0 radical (unpaired) electrons. The number of nitrogens with zero attached hydrogens (tertiary/aromatic N) is 1. The minimum absolute atomic E-state index is 0.129. The van der Waals surface area contributed by atoms with E-state index in [0.29, 0.717) is 6.42 Å². The first-order valence-corrected chi connectivity index (χ1v) is 8.14. The van der Waals surface area contributed by atoms with Gasteiger partial charge in [-0.1, -0.05) is 13.8 Å². The number of rotatable bonds is 8. The average Bonchev–Trinajstić information content (AvgIpc) is 2.86. The van der Waals surface area contributed by atoms with Crippen molar-refractivity contribution >= 4 is 16.0 Å². The van der Waals surface area contributed by atoms with Crippen LogP contribution in [0, 0.1) is 5.92 Å². The molecule has 8 nitrogen and oxygen atoms in total. The van der Waals surface area contributed by atoms with Crippen LogP contribution in [-0.4, -0.2) is 48.9 Å². The maximum absolute atomic E-state index is 12.1. The number of H-pyrrole nitrogens is 1. The quantitative estimate of drug-likeness (QED) is 0.591. The molecule has 0 spiro atoms. The number of carbonyl (C=O) groups is 1. The Balaban J connectivity index is 2.80. The van der Waals surface area contributed by atoms with Gasteiger partial charge in [0.25, 0.3) is 10.0 Å².